The van der Waals surface area contributed by atoms with Gasteiger partial charge in [0.25, 0.3) is 0 Å². The van der Waals surface area contributed by atoms with Gasteiger partial charge in [0.1, 0.15) is 0 Å². The predicted molar refractivity (Wildman–Crippen MR) is 22.2 cm³/mol. The molecular formula is C3H6Se. The van der Waals surface area contributed by atoms with Gasteiger partial charge in [-0.1, -0.05) is 0 Å². The molecule has 0 heterocycles. The zero-order valence-electron chi connectivity index (χ0n) is 2.44. The summed E-state index contributed by atoms with van der Waals surface area (Å²) in [6, 6.07) is 0. The second-order valence-electron chi connectivity index (χ2n) is 0.471. The van der Waals surface area contributed by atoms with Gasteiger partial charge in [0, 0.05) is 0 Å². The van der Waals surface area contributed by atoms with Crippen molar-refractivity contribution in [3.63, 3.8) is 0 Å². The SMILES string of the molecule is C=CC[SeH]. The van der Waals surface area contributed by atoms with Crippen LogP contribution in [0, 0.1) is 0 Å². The molecule has 0 bridgehead atoms. The van der Waals surface area contributed by atoms with Crippen LogP contribution in [0.3, 0.4) is 0 Å². The Morgan fingerprint density at radius 3 is 2.25 bits per heavy atom. The van der Waals surface area contributed by atoms with Crippen LogP contribution in [0.1, 0.15) is 0 Å². The summed E-state index contributed by atoms with van der Waals surface area (Å²) in [7, 11) is 0. The van der Waals surface area contributed by atoms with Crippen molar-refractivity contribution in [2.24, 2.45) is 0 Å². The summed E-state index contributed by atoms with van der Waals surface area (Å²) in [6.45, 7) is 3.46. The van der Waals surface area contributed by atoms with Crippen molar-refractivity contribution >= 4 is 16.0 Å². The quantitative estimate of drug-likeness (QED) is 0.350. The Kier molecular flexibility index (Phi) is 3.47. The molecule has 0 nitrogen and oxygen atoms in total. The topological polar surface area (TPSA) is 0 Å². The van der Waals surface area contributed by atoms with E-state index in [0.29, 0.717) is 0 Å². The third kappa shape index (κ3) is 2.26. The molecule has 0 N–H and O–H groups in total. The Bertz CT molecular complexity index is 17.2. The predicted octanol–water partition coefficient (Wildman–Crippen LogP) is 0.491. The first-order chi connectivity index (χ1) is 1.91. The Morgan fingerprint density at radius 1 is 2.00 bits per heavy atom. The minimum absolute atomic E-state index is 1.02. The molecule has 0 aliphatic carbocycles. The van der Waals surface area contributed by atoms with E-state index in [1.807, 2.05) is 6.08 Å². The van der Waals surface area contributed by atoms with E-state index >= 15 is 0 Å². The third-order valence-corrected chi connectivity index (χ3v) is 0.671. The van der Waals surface area contributed by atoms with Gasteiger partial charge in [-0.05, 0) is 0 Å². The molecule has 0 radical (unpaired) electrons. The molecule has 0 rings (SSSR count). The standard InChI is InChI=1S/C3H6Se/c1-2-3-4/h2,4H,1,3H2. The molecule has 0 saturated carbocycles. The maximum atomic E-state index is 3.46. The van der Waals surface area contributed by atoms with Crippen LogP contribution in [0.5, 0.6) is 0 Å². The van der Waals surface area contributed by atoms with Gasteiger partial charge >= 0.3 is 34.0 Å². The normalized spacial score (nSPS) is 6.25. The van der Waals surface area contributed by atoms with Crippen LogP contribution in [-0.2, 0) is 0 Å². The molecule has 0 amide bonds. The summed E-state index contributed by atoms with van der Waals surface area (Å²) in [6.07, 6.45) is 1.85. The van der Waals surface area contributed by atoms with Gasteiger partial charge in [0.15, 0.2) is 0 Å². The number of hydrogen-bond acceptors (Lipinski definition) is 0. The van der Waals surface area contributed by atoms with E-state index in [-0.39, 0.29) is 0 Å². The molecule has 0 fully saturated rings. The second-order valence-corrected chi connectivity index (χ2v) is 1.24. The summed E-state index contributed by atoms with van der Waals surface area (Å²) in [5.74, 6) is 0. The van der Waals surface area contributed by atoms with Crippen molar-refractivity contribution in [3.8, 4) is 0 Å². The van der Waals surface area contributed by atoms with Gasteiger partial charge in [-0.2, -0.15) is 0 Å². The van der Waals surface area contributed by atoms with Crippen molar-refractivity contribution in [2.75, 3.05) is 0 Å². The minimum atomic E-state index is 1.02. The van der Waals surface area contributed by atoms with E-state index in [4.69, 9.17) is 0 Å². The van der Waals surface area contributed by atoms with Gasteiger partial charge in [-0.3, -0.25) is 0 Å². The fourth-order valence-corrected chi connectivity index (χ4v) is 0. The number of hydrogen-bond donors (Lipinski definition) is 0. The molecule has 0 aromatic carbocycles. The molecule has 4 heavy (non-hydrogen) atoms. The van der Waals surface area contributed by atoms with Crippen molar-refractivity contribution < 1.29 is 0 Å². The monoisotopic (exact) mass is 122 g/mol. The molecule has 24 valence electrons. The molecule has 0 aliphatic rings. The molecule has 1 heteroatoms. The number of rotatable bonds is 1. The first kappa shape index (κ1) is 4.26. The van der Waals surface area contributed by atoms with Gasteiger partial charge < -0.3 is 0 Å². The van der Waals surface area contributed by atoms with Crippen LogP contribution in [0.25, 0.3) is 0 Å². The fraction of sp³-hybridized carbons (Fsp3) is 0.333. The first-order valence-corrected chi connectivity index (χ1v) is 2.46. The van der Waals surface area contributed by atoms with Crippen LogP contribution in [0.4, 0.5) is 0 Å². The van der Waals surface area contributed by atoms with E-state index in [1.54, 1.807) is 0 Å². The summed E-state index contributed by atoms with van der Waals surface area (Å²) >= 11 is 2.42. The summed E-state index contributed by atoms with van der Waals surface area (Å²) < 4.78 is 0. The molecule has 0 atom stereocenters. The molecule has 0 aliphatic heterocycles. The Morgan fingerprint density at radius 2 is 2.25 bits per heavy atom. The Labute approximate surface area is 34.7 Å². The zero-order valence-corrected chi connectivity index (χ0v) is 4.32. The van der Waals surface area contributed by atoms with Crippen LogP contribution < -0.4 is 0 Å². The molecule has 0 saturated heterocycles. The van der Waals surface area contributed by atoms with E-state index in [9.17, 15) is 0 Å². The molecule has 0 unspecified atom stereocenters. The summed E-state index contributed by atoms with van der Waals surface area (Å²) in [5.41, 5.74) is 0. The summed E-state index contributed by atoms with van der Waals surface area (Å²) in [5, 5.41) is 1.02. The van der Waals surface area contributed by atoms with Crippen molar-refractivity contribution in [1.29, 1.82) is 0 Å². The average Bonchev–Trinajstić information content (AvgIpc) is 1.37. The van der Waals surface area contributed by atoms with Crippen LogP contribution in [0.2, 0.25) is 5.32 Å². The van der Waals surface area contributed by atoms with E-state index < -0.39 is 0 Å². The van der Waals surface area contributed by atoms with Crippen LogP contribution >= 0.6 is 0 Å². The van der Waals surface area contributed by atoms with Crippen molar-refractivity contribution in [1.82, 2.24) is 0 Å². The first-order valence-electron chi connectivity index (χ1n) is 1.13. The molecule has 0 spiro atoms. The third-order valence-electron chi connectivity index (χ3n) is 0.129. The van der Waals surface area contributed by atoms with Gasteiger partial charge in [0.2, 0.25) is 0 Å². The van der Waals surface area contributed by atoms with Crippen LogP contribution in [-0.4, -0.2) is 16.0 Å². The maximum absolute atomic E-state index is 3.46. The van der Waals surface area contributed by atoms with E-state index in [2.05, 4.69) is 22.6 Å². The Hall–Kier alpha value is 0.259. The summed E-state index contributed by atoms with van der Waals surface area (Å²) in [4.78, 5) is 0. The molecular weight excluding hydrogens is 115 g/mol. The average molecular weight is 121 g/mol. The van der Waals surface area contributed by atoms with Gasteiger partial charge in [-0.15, -0.1) is 0 Å². The van der Waals surface area contributed by atoms with Gasteiger partial charge in [-0.25, -0.2) is 0 Å². The van der Waals surface area contributed by atoms with Crippen molar-refractivity contribution in [3.05, 3.63) is 12.7 Å². The molecule has 0 aromatic heterocycles. The fourth-order valence-electron chi connectivity index (χ4n) is 0. The van der Waals surface area contributed by atoms with E-state index in [0.717, 1.165) is 5.32 Å². The van der Waals surface area contributed by atoms with Crippen molar-refractivity contribution in [2.45, 2.75) is 5.32 Å². The van der Waals surface area contributed by atoms with Gasteiger partial charge in [0.05, 0.1) is 0 Å². The van der Waals surface area contributed by atoms with Crippen LogP contribution in [0.15, 0.2) is 12.7 Å². The zero-order chi connectivity index (χ0) is 3.41. The number of allylic oxidation sites excluding steroid dienone is 1. The Balaban J connectivity index is 2.30. The van der Waals surface area contributed by atoms with E-state index in [1.165, 1.54) is 0 Å². The second kappa shape index (κ2) is 3.26. The molecule has 0 aromatic rings.